The number of carbonyl (C=O) groups excluding carboxylic acids is 1. The number of likely N-dealkylation sites (N-methyl/N-ethyl adjacent to an activating group) is 1. The first kappa shape index (κ1) is 9.46. The minimum absolute atomic E-state index is 0.199. The maximum Gasteiger partial charge on any atom is 0.228 e. The lowest BCUT2D eigenvalue weighted by Gasteiger charge is -2.12. The van der Waals surface area contributed by atoms with Crippen molar-refractivity contribution in [1.82, 2.24) is 9.88 Å². The third kappa shape index (κ3) is 1.32. The molecule has 1 aromatic carbocycles. The summed E-state index contributed by atoms with van der Waals surface area (Å²) in [5.74, 6) is 0.199. The molecule has 3 rings (SSSR count). The largest absolute Gasteiger partial charge is 0.358 e. The molecule has 0 aliphatic carbocycles. The Kier molecular flexibility index (Phi) is 1.99. The van der Waals surface area contributed by atoms with Crippen molar-refractivity contribution in [2.24, 2.45) is 0 Å². The van der Waals surface area contributed by atoms with Crippen molar-refractivity contribution in [3.63, 3.8) is 0 Å². The molecular formula is C13H14N2O. The maximum absolute atomic E-state index is 11.8. The van der Waals surface area contributed by atoms with Gasteiger partial charge < -0.3 is 9.88 Å². The summed E-state index contributed by atoms with van der Waals surface area (Å²) in [6.07, 6.45) is 1.45. The predicted molar refractivity (Wildman–Crippen MR) is 63.3 cm³/mol. The second-order valence-electron chi connectivity index (χ2n) is 4.37. The van der Waals surface area contributed by atoms with Gasteiger partial charge in [-0.3, -0.25) is 4.79 Å². The molecule has 16 heavy (non-hydrogen) atoms. The zero-order valence-corrected chi connectivity index (χ0v) is 9.29. The minimum Gasteiger partial charge on any atom is -0.358 e. The Bertz CT molecular complexity index is 556. The van der Waals surface area contributed by atoms with E-state index < -0.39 is 0 Å². The van der Waals surface area contributed by atoms with Crippen molar-refractivity contribution < 1.29 is 4.79 Å². The van der Waals surface area contributed by atoms with Gasteiger partial charge in [-0.05, 0) is 18.1 Å². The number of hydrogen-bond acceptors (Lipinski definition) is 1. The number of benzene rings is 1. The number of carbonyl (C=O) groups is 1. The lowest BCUT2D eigenvalue weighted by molar-refractivity contribution is -0.128. The van der Waals surface area contributed by atoms with Gasteiger partial charge in [-0.2, -0.15) is 0 Å². The van der Waals surface area contributed by atoms with Crippen LogP contribution >= 0.6 is 0 Å². The second-order valence-corrected chi connectivity index (χ2v) is 4.37. The average molecular weight is 214 g/mol. The molecule has 0 bridgehead atoms. The quantitative estimate of drug-likeness (QED) is 0.712. The number of rotatable bonds is 0. The molecule has 1 N–H and O–H groups in total. The summed E-state index contributed by atoms with van der Waals surface area (Å²) < 4.78 is 0. The number of hydrogen-bond donors (Lipinski definition) is 1. The van der Waals surface area contributed by atoms with E-state index in [1.807, 2.05) is 24.1 Å². The number of amides is 1. The normalized spacial score (nSPS) is 16.3. The van der Waals surface area contributed by atoms with E-state index in [-0.39, 0.29) is 5.91 Å². The van der Waals surface area contributed by atoms with Gasteiger partial charge in [0.25, 0.3) is 0 Å². The lowest BCUT2D eigenvalue weighted by atomic mass is 10.1. The Morgan fingerprint density at radius 3 is 3.00 bits per heavy atom. The van der Waals surface area contributed by atoms with Crippen molar-refractivity contribution >= 4 is 16.8 Å². The van der Waals surface area contributed by atoms with Gasteiger partial charge in [-0.1, -0.05) is 18.2 Å². The van der Waals surface area contributed by atoms with Crippen LogP contribution in [0.3, 0.4) is 0 Å². The number of H-pyrrole nitrogens is 1. The molecule has 0 radical (unpaired) electrons. The Morgan fingerprint density at radius 1 is 1.31 bits per heavy atom. The van der Waals surface area contributed by atoms with Crippen molar-refractivity contribution in [1.29, 1.82) is 0 Å². The van der Waals surface area contributed by atoms with Gasteiger partial charge in [-0.25, -0.2) is 0 Å². The Hall–Kier alpha value is -1.77. The van der Waals surface area contributed by atoms with Crippen LogP contribution in [0.25, 0.3) is 10.9 Å². The highest BCUT2D eigenvalue weighted by molar-refractivity contribution is 5.88. The van der Waals surface area contributed by atoms with Gasteiger partial charge >= 0.3 is 0 Å². The lowest BCUT2D eigenvalue weighted by Crippen LogP contribution is -2.27. The SMILES string of the molecule is CN1CCc2c([nH]c3ccccc23)CC1=O. The van der Waals surface area contributed by atoms with E-state index in [1.165, 1.54) is 10.9 Å². The molecule has 0 saturated carbocycles. The maximum atomic E-state index is 11.8. The average Bonchev–Trinajstić information content (AvgIpc) is 2.56. The van der Waals surface area contributed by atoms with Crippen LogP contribution in [0.5, 0.6) is 0 Å². The van der Waals surface area contributed by atoms with E-state index in [4.69, 9.17) is 0 Å². The van der Waals surface area contributed by atoms with E-state index in [0.717, 1.165) is 24.2 Å². The molecule has 2 aromatic rings. The van der Waals surface area contributed by atoms with Crippen LogP contribution < -0.4 is 0 Å². The minimum atomic E-state index is 0.199. The molecule has 0 saturated heterocycles. The molecule has 1 amide bonds. The molecule has 0 spiro atoms. The van der Waals surface area contributed by atoms with Gasteiger partial charge in [-0.15, -0.1) is 0 Å². The highest BCUT2D eigenvalue weighted by Crippen LogP contribution is 2.25. The Balaban J connectivity index is 2.17. The van der Waals surface area contributed by atoms with E-state index in [2.05, 4.69) is 17.1 Å². The fourth-order valence-electron chi connectivity index (χ4n) is 2.38. The number of aromatic amines is 1. The van der Waals surface area contributed by atoms with Crippen LogP contribution in [0.2, 0.25) is 0 Å². The fourth-order valence-corrected chi connectivity index (χ4v) is 2.38. The van der Waals surface area contributed by atoms with Gasteiger partial charge in [0.2, 0.25) is 5.91 Å². The van der Waals surface area contributed by atoms with Gasteiger partial charge in [0.15, 0.2) is 0 Å². The highest BCUT2D eigenvalue weighted by atomic mass is 16.2. The highest BCUT2D eigenvalue weighted by Gasteiger charge is 2.20. The summed E-state index contributed by atoms with van der Waals surface area (Å²) in [4.78, 5) is 16.9. The standard InChI is InChI=1S/C13H14N2O/c1-15-7-6-10-9-4-2-3-5-11(9)14-12(10)8-13(15)16/h2-5,14H,6-8H2,1H3. The first-order valence-electron chi connectivity index (χ1n) is 5.58. The van der Waals surface area contributed by atoms with Gasteiger partial charge in [0, 0.05) is 30.2 Å². The van der Waals surface area contributed by atoms with Crippen LogP contribution in [0.4, 0.5) is 0 Å². The summed E-state index contributed by atoms with van der Waals surface area (Å²) in [7, 11) is 1.87. The van der Waals surface area contributed by atoms with E-state index in [0.29, 0.717) is 6.42 Å². The number of fused-ring (bicyclic) bond motifs is 3. The topological polar surface area (TPSA) is 36.1 Å². The number of nitrogens with one attached hydrogen (secondary N) is 1. The number of aromatic nitrogens is 1. The first-order valence-corrected chi connectivity index (χ1v) is 5.58. The summed E-state index contributed by atoms with van der Waals surface area (Å²) in [5, 5.41) is 1.26. The molecule has 82 valence electrons. The van der Waals surface area contributed by atoms with Crippen LogP contribution in [-0.4, -0.2) is 29.4 Å². The van der Waals surface area contributed by atoms with Crippen molar-refractivity contribution in [3.05, 3.63) is 35.5 Å². The number of para-hydroxylation sites is 1. The van der Waals surface area contributed by atoms with E-state index in [9.17, 15) is 4.79 Å². The summed E-state index contributed by atoms with van der Waals surface area (Å²) in [6.45, 7) is 0.813. The summed E-state index contributed by atoms with van der Waals surface area (Å²) in [5.41, 5.74) is 3.55. The van der Waals surface area contributed by atoms with Gasteiger partial charge in [0.05, 0.1) is 6.42 Å². The molecule has 0 atom stereocenters. The van der Waals surface area contributed by atoms with Crippen LogP contribution in [0.15, 0.2) is 24.3 Å². The van der Waals surface area contributed by atoms with Crippen LogP contribution in [0, 0.1) is 0 Å². The van der Waals surface area contributed by atoms with Gasteiger partial charge in [0.1, 0.15) is 0 Å². The monoisotopic (exact) mass is 214 g/mol. The molecular weight excluding hydrogens is 200 g/mol. The molecule has 0 unspecified atom stereocenters. The molecule has 1 aromatic heterocycles. The zero-order valence-electron chi connectivity index (χ0n) is 9.29. The second kappa shape index (κ2) is 3.37. The number of nitrogens with zero attached hydrogens (tertiary/aromatic N) is 1. The van der Waals surface area contributed by atoms with Crippen molar-refractivity contribution in [2.45, 2.75) is 12.8 Å². The molecule has 1 aliphatic heterocycles. The Labute approximate surface area is 94.1 Å². The smallest absolute Gasteiger partial charge is 0.228 e. The van der Waals surface area contributed by atoms with E-state index >= 15 is 0 Å². The third-order valence-electron chi connectivity index (χ3n) is 3.35. The molecule has 1 aliphatic rings. The molecule has 0 fully saturated rings. The van der Waals surface area contributed by atoms with Crippen LogP contribution in [0.1, 0.15) is 11.3 Å². The third-order valence-corrected chi connectivity index (χ3v) is 3.35. The molecule has 3 nitrogen and oxygen atoms in total. The molecule has 3 heteroatoms. The fraction of sp³-hybridized carbons (Fsp3) is 0.308. The summed E-state index contributed by atoms with van der Waals surface area (Å²) in [6, 6.07) is 8.26. The first-order chi connectivity index (χ1) is 7.75. The zero-order chi connectivity index (χ0) is 11.1. The van der Waals surface area contributed by atoms with E-state index in [1.54, 1.807) is 0 Å². The predicted octanol–water partition coefficient (Wildman–Crippen LogP) is 1.72. The summed E-state index contributed by atoms with van der Waals surface area (Å²) >= 11 is 0. The van der Waals surface area contributed by atoms with Crippen LogP contribution in [-0.2, 0) is 17.6 Å². The van der Waals surface area contributed by atoms with Crippen molar-refractivity contribution in [3.8, 4) is 0 Å². The molecule has 2 heterocycles. The Morgan fingerprint density at radius 2 is 2.12 bits per heavy atom. The van der Waals surface area contributed by atoms with Crippen molar-refractivity contribution in [2.75, 3.05) is 13.6 Å².